The maximum atomic E-state index is 10.5. The van der Waals surface area contributed by atoms with E-state index >= 15 is 0 Å². The molecule has 0 unspecified atom stereocenters. The molecule has 5 heteroatoms. The lowest BCUT2D eigenvalue weighted by Gasteiger charge is -2.19. The highest BCUT2D eigenvalue weighted by Gasteiger charge is 2.22. The van der Waals surface area contributed by atoms with Gasteiger partial charge in [-0.15, -0.1) is 0 Å². The van der Waals surface area contributed by atoms with Crippen LogP contribution in [0.1, 0.15) is 40.0 Å². The van der Waals surface area contributed by atoms with Crippen LogP contribution in [0.25, 0.3) is 0 Å². The third-order valence-corrected chi connectivity index (χ3v) is 2.21. The minimum absolute atomic E-state index is 0.233. The van der Waals surface area contributed by atoms with Crippen LogP contribution in [0.2, 0.25) is 0 Å². The highest BCUT2D eigenvalue weighted by Crippen LogP contribution is 2.17. The molecule has 0 aliphatic carbocycles. The van der Waals surface area contributed by atoms with Crippen molar-refractivity contribution < 1.29 is 24.5 Å². The average molecular weight is 244 g/mol. The summed E-state index contributed by atoms with van der Waals surface area (Å²) in [4.78, 5) is 21.0. The Morgan fingerprint density at radius 3 is 2.41 bits per heavy atom. The van der Waals surface area contributed by atoms with Gasteiger partial charge >= 0.3 is 11.9 Å². The van der Waals surface area contributed by atoms with Crippen LogP contribution in [0.15, 0.2) is 11.6 Å². The summed E-state index contributed by atoms with van der Waals surface area (Å²) in [5.74, 6) is -1.36. The van der Waals surface area contributed by atoms with Gasteiger partial charge in [-0.25, -0.2) is 0 Å². The molecule has 2 N–H and O–H groups in total. The van der Waals surface area contributed by atoms with Crippen LogP contribution >= 0.6 is 0 Å². The van der Waals surface area contributed by atoms with Crippen molar-refractivity contribution in [2.45, 2.75) is 45.6 Å². The van der Waals surface area contributed by atoms with Gasteiger partial charge in [0.05, 0.1) is 12.0 Å². The molecule has 98 valence electrons. The molecule has 0 spiro atoms. The number of ether oxygens (including phenoxy) is 1. The Morgan fingerprint density at radius 1 is 1.35 bits per heavy atom. The second kappa shape index (κ2) is 7.06. The monoisotopic (exact) mass is 244 g/mol. The Bertz CT molecular complexity index is 304. The summed E-state index contributed by atoms with van der Waals surface area (Å²) in [6, 6.07) is 0. The SMILES string of the molecule is CC(=O)OC/C(C)=C/CC[C@](C)(O)CC(=O)O. The molecule has 17 heavy (non-hydrogen) atoms. The first-order chi connectivity index (χ1) is 7.73. The molecule has 0 radical (unpaired) electrons. The fourth-order valence-electron chi connectivity index (χ4n) is 1.32. The molecule has 0 amide bonds. The number of allylic oxidation sites excluding steroid dienone is 1. The van der Waals surface area contributed by atoms with Gasteiger partial charge in [0.2, 0.25) is 0 Å². The van der Waals surface area contributed by atoms with Crippen LogP contribution < -0.4 is 0 Å². The molecular formula is C12H20O5. The molecule has 0 aromatic rings. The molecule has 0 saturated heterocycles. The van der Waals surface area contributed by atoms with Crippen molar-refractivity contribution in [1.82, 2.24) is 0 Å². The van der Waals surface area contributed by atoms with E-state index in [1.54, 1.807) is 0 Å². The minimum atomic E-state index is -1.20. The largest absolute Gasteiger partial charge is 0.481 e. The highest BCUT2D eigenvalue weighted by atomic mass is 16.5. The van der Waals surface area contributed by atoms with Crippen molar-refractivity contribution in [2.24, 2.45) is 0 Å². The zero-order chi connectivity index (χ0) is 13.5. The van der Waals surface area contributed by atoms with E-state index in [1.165, 1.54) is 13.8 Å². The lowest BCUT2D eigenvalue weighted by molar-refractivity contribution is -0.142. The second-order valence-electron chi connectivity index (χ2n) is 4.44. The number of carboxylic acids is 1. The second-order valence-corrected chi connectivity index (χ2v) is 4.44. The topological polar surface area (TPSA) is 83.8 Å². The van der Waals surface area contributed by atoms with E-state index in [2.05, 4.69) is 0 Å². The predicted molar refractivity (Wildman–Crippen MR) is 62.5 cm³/mol. The van der Waals surface area contributed by atoms with Gasteiger partial charge in [0.1, 0.15) is 6.61 Å². The summed E-state index contributed by atoms with van der Waals surface area (Å²) >= 11 is 0. The number of carbonyl (C=O) groups is 2. The van der Waals surface area contributed by atoms with Gasteiger partial charge in [0, 0.05) is 6.92 Å². The third-order valence-electron chi connectivity index (χ3n) is 2.21. The van der Waals surface area contributed by atoms with Crippen LogP contribution in [0.5, 0.6) is 0 Å². The Balaban J connectivity index is 3.98. The molecule has 0 heterocycles. The van der Waals surface area contributed by atoms with Gasteiger partial charge in [0.15, 0.2) is 0 Å². The summed E-state index contributed by atoms with van der Waals surface area (Å²) in [6.07, 6.45) is 2.47. The van der Waals surface area contributed by atoms with E-state index in [1.807, 2.05) is 13.0 Å². The molecule has 0 rings (SSSR count). The first-order valence-corrected chi connectivity index (χ1v) is 5.46. The molecule has 0 aromatic heterocycles. The van der Waals surface area contributed by atoms with Gasteiger partial charge < -0.3 is 14.9 Å². The Morgan fingerprint density at radius 2 is 1.94 bits per heavy atom. The Kier molecular flexibility index (Phi) is 6.50. The van der Waals surface area contributed by atoms with E-state index in [0.717, 1.165) is 5.57 Å². The number of hydrogen-bond donors (Lipinski definition) is 2. The van der Waals surface area contributed by atoms with E-state index in [0.29, 0.717) is 12.8 Å². The summed E-state index contributed by atoms with van der Waals surface area (Å²) in [7, 11) is 0. The van der Waals surface area contributed by atoms with Gasteiger partial charge in [-0.2, -0.15) is 0 Å². The molecule has 5 nitrogen and oxygen atoms in total. The number of hydrogen-bond acceptors (Lipinski definition) is 4. The fourth-order valence-corrected chi connectivity index (χ4v) is 1.32. The van der Waals surface area contributed by atoms with E-state index in [4.69, 9.17) is 9.84 Å². The summed E-state index contributed by atoms with van der Waals surface area (Å²) < 4.78 is 4.79. The first kappa shape index (κ1) is 15.6. The number of carbonyl (C=O) groups excluding carboxylic acids is 1. The molecule has 0 saturated carbocycles. The van der Waals surface area contributed by atoms with Crippen LogP contribution in [0.4, 0.5) is 0 Å². The molecule has 0 aliphatic rings. The number of carboxylic acid groups (broad SMARTS) is 1. The summed E-state index contributed by atoms with van der Waals surface area (Å²) in [5, 5.41) is 18.3. The smallest absolute Gasteiger partial charge is 0.306 e. The highest BCUT2D eigenvalue weighted by molar-refractivity contribution is 5.68. The zero-order valence-electron chi connectivity index (χ0n) is 10.5. The van der Waals surface area contributed by atoms with Crippen molar-refractivity contribution in [3.05, 3.63) is 11.6 Å². The number of aliphatic hydroxyl groups is 1. The lowest BCUT2D eigenvalue weighted by atomic mass is 9.96. The van der Waals surface area contributed by atoms with Gasteiger partial charge in [-0.05, 0) is 32.3 Å². The number of rotatable bonds is 7. The molecule has 0 aromatic carbocycles. The lowest BCUT2D eigenvalue weighted by Crippen LogP contribution is -2.27. The number of esters is 1. The first-order valence-electron chi connectivity index (χ1n) is 5.46. The van der Waals surface area contributed by atoms with E-state index in [9.17, 15) is 14.7 Å². The van der Waals surface area contributed by atoms with Gasteiger partial charge in [-0.1, -0.05) is 6.08 Å². The van der Waals surface area contributed by atoms with Crippen LogP contribution in [-0.4, -0.2) is 34.4 Å². The summed E-state index contributed by atoms with van der Waals surface area (Å²) in [5.41, 5.74) is -0.323. The number of aliphatic carboxylic acids is 1. The van der Waals surface area contributed by atoms with Crippen molar-refractivity contribution in [1.29, 1.82) is 0 Å². The maximum Gasteiger partial charge on any atom is 0.306 e. The maximum absolute atomic E-state index is 10.5. The van der Waals surface area contributed by atoms with Crippen molar-refractivity contribution in [2.75, 3.05) is 6.61 Å². The standard InChI is InChI=1S/C12H20O5/c1-9(8-17-10(2)13)5-4-6-12(3,16)7-11(14)15/h5,16H,4,6-8H2,1-3H3,(H,14,15)/b9-5+/t12-/m0/s1. The zero-order valence-corrected chi connectivity index (χ0v) is 10.5. The van der Waals surface area contributed by atoms with E-state index < -0.39 is 11.6 Å². The third kappa shape index (κ3) is 9.56. The summed E-state index contributed by atoms with van der Waals surface area (Å²) in [6.45, 7) is 4.88. The molecule has 0 bridgehead atoms. The predicted octanol–water partition coefficient (Wildman–Crippen LogP) is 1.50. The Labute approximate surface area is 101 Å². The quantitative estimate of drug-likeness (QED) is 0.523. The van der Waals surface area contributed by atoms with Crippen LogP contribution in [-0.2, 0) is 14.3 Å². The van der Waals surface area contributed by atoms with Crippen molar-refractivity contribution in [3.8, 4) is 0 Å². The van der Waals surface area contributed by atoms with E-state index in [-0.39, 0.29) is 19.0 Å². The van der Waals surface area contributed by atoms with Gasteiger partial charge in [0.25, 0.3) is 0 Å². The van der Waals surface area contributed by atoms with Crippen molar-refractivity contribution in [3.63, 3.8) is 0 Å². The van der Waals surface area contributed by atoms with Crippen molar-refractivity contribution >= 4 is 11.9 Å². The van der Waals surface area contributed by atoms with Gasteiger partial charge in [-0.3, -0.25) is 9.59 Å². The molecular weight excluding hydrogens is 224 g/mol. The molecule has 0 aliphatic heterocycles. The average Bonchev–Trinajstić information content (AvgIpc) is 2.12. The minimum Gasteiger partial charge on any atom is -0.481 e. The molecule has 0 fully saturated rings. The Hall–Kier alpha value is -1.36. The molecule has 1 atom stereocenters. The van der Waals surface area contributed by atoms with Crippen LogP contribution in [0.3, 0.4) is 0 Å². The normalized spacial score (nSPS) is 15.2. The van der Waals surface area contributed by atoms with Crippen LogP contribution in [0, 0.1) is 0 Å². The fraction of sp³-hybridized carbons (Fsp3) is 0.667.